The molecule has 1 aliphatic rings. The number of carbonyl (C=O) groups is 1. The van der Waals surface area contributed by atoms with Crippen molar-refractivity contribution in [3.63, 3.8) is 0 Å². The van der Waals surface area contributed by atoms with Crippen molar-refractivity contribution in [1.29, 1.82) is 0 Å². The number of aryl methyl sites for hydroxylation is 2. The van der Waals surface area contributed by atoms with Crippen molar-refractivity contribution in [3.8, 4) is 0 Å². The molecule has 0 unspecified atom stereocenters. The van der Waals surface area contributed by atoms with E-state index < -0.39 is 0 Å². The lowest BCUT2D eigenvalue weighted by atomic mass is 9.99. The Balaban J connectivity index is 1.65. The van der Waals surface area contributed by atoms with Gasteiger partial charge in [0.2, 0.25) is 5.91 Å². The predicted molar refractivity (Wildman–Crippen MR) is 107 cm³/mol. The van der Waals surface area contributed by atoms with Gasteiger partial charge in [-0.15, -0.1) is 0 Å². The molecule has 29 heavy (non-hydrogen) atoms. The van der Waals surface area contributed by atoms with Crippen LogP contribution < -0.4 is 11.1 Å². The topological polar surface area (TPSA) is 105 Å². The number of nitrogens with one attached hydrogen (secondary N) is 1. The van der Waals surface area contributed by atoms with Crippen LogP contribution in [0.2, 0.25) is 0 Å². The zero-order valence-electron chi connectivity index (χ0n) is 16.6. The number of carbonyl (C=O) groups excluding carboxylic acids is 1. The van der Waals surface area contributed by atoms with Gasteiger partial charge in [-0.1, -0.05) is 6.92 Å². The first-order valence-corrected chi connectivity index (χ1v) is 9.92. The highest BCUT2D eigenvalue weighted by Crippen LogP contribution is 2.30. The maximum atomic E-state index is 13.0. The van der Waals surface area contributed by atoms with Crippen LogP contribution in [0.4, 0.5) is 0 Å². The van der Waals surface area contributed by atoms with E-state index in [-0.39, 0.29) is 29.6 Å². The van der Waals surface area contributed by atoms with Crippen molar-refractivity contribution in [3.05, 3.63) is 62.1 Å². The van der Waals surface area contributed by atoms with Gasteiger partial charge in [-0.05, 0) is 38.7 Å². The highest BCUT2D eigenvalue weighted by atomic mass is 16.2. The van der Waals surface area contributed by atoms with E-state index in [9.17, 15) is 14.4 Å². The lowest BCUT2D eigenvalue weighted by Crippen LogP contribution is -2.42. The van der Waals surface area contributed by atoms with Crippen LogP contribution in [-0.4, -0.2) is 41.7 Å². The molecular formula is C20H24N6O3. The second-order valence-electron chi connectivity index (χ2n) is 7.41. The van der Waals surface area contributed by atoms with Gasteiger partial charge in [0, 0.05) is 30.4 Å². The summed E-state index contributed by atoms with van der Waals surface area (Å²) in [7, 11) is 0. The molecule has 152 valence electrons. The van der Waals surface area contributed by atoms with Gasteiger partial charge in [-0.3, -0.25) is 19.5 Å². The normalized spacial score (nSPS) is 17.0. The lowest BCUT2D eigenvalue weighted by molar-refractivity contribution is -0.136. The maximum absolute atomic E-state index is 13.0. The van der Waals surface area contributed by atoms with E-state index in [4.69, 9.17) is 0 Å². The monoisotopic (exact) mass is 396 g/mol. The summed E-state index contributed by atoms with van der Waals surface area (Å²) < 4.78 is 2.62. The number of aromatic amines is 1. The van der Waals surface area contributed by atoms with Crippen LogP contribution in [0, 0.1) is 6.92 Å². The predicted octanol–water partition coefficient (Wildman–Crippen LogP) is 1.20. The van der Waals surface area contributed by atoms with E-state index in [0.717, 1.165) is 30.7 Å². The average Bonchev–Trinajstić information content (AvgIpc) is 3.15. The van der Waals surface area contributed by atoms with Gasteiger partial charge in [0.05, 0.1) is 17.4 Å². The van der Waals surface area contributed by atoms with Crippen molar-refractivity contribution in [1.82, 2.24) is 29.3 Å². The van der Waals surface area contributed by atoms with Crippen molar-refractivity contribution < 1.29 is 4.79 Å². The summed E-state index contributed by atoms with van der Waals surface area (Å²) in [4.78, 5) is 43.7. The number of likely N-dealkylation sites (tertiary alicyclic amines) is 1. The molecule has 1 atom stereocenters. The van der Waals surface area contributed by atoms with Gasteiger partial charge in [-0.2, -0.15) is 5.10 Å². The van der Waals surface area contributed by atoms with E-state index in [2.05, 4.69) is 15.2 Å². The number of amides is 1. The minimum Gasteiger partial charge on any atom is -0.333 e. The van der Waals surface area contributed by atoms with E-state index in [1.165, 1.54) is 21.3 Å². The largest absolute Gasteiger partial charge is 0.333 e. The summed E-state index contributed by atoms with van der Waals surface area (Å²) in [6, 6.07) is 6.22. The second-order valence-corrected chi connectivity index (χ2v) is 7.41. The molecular weight excluding hydrogens is 372 g/mol. The Morgan fingerprint density at radius 1 is 1.21 bits per heavy atom. The molecule has 1 saturated heterocycles. The van der Waals surface area contributed by atoms with Crippen LogP contribution in [-0.2, 0) is 17.8 Å². The van der Waals surface area contributed by atoms with Crippen LogP contribution in [0.25, 0.3) is 5.65 Å². The van der Waals surface area contributed by atoms with Gasteiger partial charge in [0.15, 0.2) is 5.65 Å². The molecule has 4 rings (SSSR count). The van der Waals surface area contributed by atoms with E-state index in [0.29, 0.717) is 24.3 Å². The molecule has 9 nitrogen and oxygen atoms in total. The molecule has 1 amide bonds. The molecule has 4 heterocycles. The Hall–Kier alpha value is -3.23. The quantitative estimate of drug-likeness (QED) is 0.713. The van der Waals surface area contributed by atoms with Crippen molar-refractivity contribution in [2.75, 3.05) is 6.54 Å². The molecule has 0 bridgehead atoms. The lowest BCUT2D eigenvalue weighted by Gasteiger charge is -2.35. The standard InChI is InChI=1S/C20H24N6O3/c1-3-14-10-19(28)26-17(21-14)11-15(23-26)16-6-4-5-9-24(16)20(29)12-25-18(27)8-7-13(2)22-25/h7-8,10-11,16,23H,3-6,9,12H2,1-2H3/t16-/m1/s1. The number of fused-ring (bicyclic) bond motifs is 1. The molecule has 0 saturated carbocycles. The van der Waals surface area contributed by atoms with Crippen molar-refractivity contribution in [2.45, 2.75) is 52.1 Å². The number of hydrogen-bond acceptors (Lipinski definition) is 5. The minimum absolute atomic E-state index is 0.102. The number of nitrogens with zero attached hydrogens (tertiary/aromatic N) is 5. The van der Waals surface area contributed by atoms with E-state index in [1.54, 1.807) is 17.9 Å². The molecule has 3 aromatic heterocycles. The molecule has 1 aliphatic heterocycles. The third-order valence-corrected chi connectivity index (χ3v) is 5.35. The second kappa shape index (κ2) is 7.65. The van der Waals surface area contributed by atoms with Gasteiger partial charge >= 0.3 is 0 Å². The zero-order valence-corrected chi connectivity index (χ0v) is 16.6. The summed E-state index contributed by atoms with van der Waals surface area (Å²) in [5.41, 5.74) is 2.29. The summed E-state index contributed by atoms with van der Waals surface area (Å²) in [6.45, 7) is 4.23. The molecule has 3 aromatic rings. The molecule has 1 N–H and O–H groups in total. The van der Waals surface area contributed by atoms with Crippen LogP contribution in [0.3, 0.4) is 0 Å². The minimum atomic E-state index is -0.300. The fourth-order valence-corrected chi connectivity index (χ4v) is 3.85. The first kappa shape index (κ1) is 19.1. The molecule has 9 heteroatoms. The number of piperidine rings is 1. The molecule has 0 radical (unpaired) electrons. The summed E-state index contributed by atoms with van der Waals surface area (Å²) in [5, 5.41) is 7.28. The third-order valence-electron chi connectivity index (χ3n) is 5.35. The average molecular weight is 396 g/mol. The Labute approximate surface area is 167 Å². The van der Waals surface area contributed by atoms with Gasteiger partial charge < -0.3 is 4.90 Å². The molecule has 0 spiro atoms. The Morgan fingerprint density at radius 3 is 2.83 bits per heavy atom. The van der Waals surface area contributed by atoms with Gasteiger partial charge in [0.25, 0.3) is 11.1 Å². The summed E-state index contributed by atoms with van der Waals surface area (Å²) in [6.07, 6.45) is 3.34. The number of aromatic nitrogens is 5. The SMILES string of the molecule is CCc1cc(=O)n2[nH]c([C@H]3CCCCN3C(=O)Cn3nc(C)ccc3=O)cc2n1. The first-order chi connectivity index (χ1) is 14.0. The maximum Gasteiger partial charge on any atom is 0.272 e. The van der Waals surface area contributed by atoms with Gasteiger partial charge in [-0.25, -0.2) is 14.2 Å². The van der Waals surface area contributed by atoms with E-state index >= 15 is 0 Å². The molecule has 1 fully saturated rings. The van der Waals surface area contributed by atoms with Crippen LogP contribution in [0.1, 0.15) is 49.3 Å². The van der Waals surface area contributed by atoms with Crippen LogP contribution >= 0.6 is 0 Å². The fraction of sp³-hybridized carbons (Fsp3) is 0.450. The Kier molecular flexibility index (Phi) is 5.04. The molecule has 0 aromatic carbocycles. The van der Waals surface area contributed by atoms with E-state index in [1.807, 2.05) is 13.0 Å². The van der Waals surface area contributed by atoms with Crippen molar-refractivity contribution in [2.24, 2.45) is 0 Å². The fourth-order valence-electron chi connectivity index (χ4n) is 3.85. The Bertz CT molecular complexity index is 1170. The number of H-pyrrole nitrogens is 1. The first-order valence-electron chi connectivity index (χ1n) is 9.92. The summed E-state index contributed by atoms with van der Waals surface area (Å²) >= 11 is 0. The number of rotatable bonds is 4. The molecule has 0 aliphatic carbocycles. The smallest absolute Gasteiger partial charge is 0.272 e. The highest BCUT2D eigenvalue weighted by molar-refractivity contribution is 5.76. The van der Waals surface area contributed by atoms with Crippen LogP contribution in [0.15, 0.2) is 33.9 Å². The summed E-state index contributed by atoms with van der Waals surface area (Å²) in [5.74, 6) is -0.164. The van der Waals surface area contributed by atoms with Crippen LogP contribution in [0.5, 0.6) is 0 Å². The number of hydrogen-bond donors (Lipinski definition) is 1. The zero-order chi connectivity index (χ0) is 20.5. The van der Waals surface area contributed by atoms with Gasteiger partial charge in [0.1, 0.15) is 6.54 Å². The Morgan fingerprint density at radius 2 is 2.03 bits per heavy atom. The van der Waals surface area contributed by atoms with Crippen molar-refractivity contribution >= 4 is 11.6 Å². The third kappa shape index (κ3) is 3.72. The highest BCUT2D eigenvalue weighted by Gasteiger charge is 2.30.